The zero-order valence-corrected chi connectivity index (χ0v) is 15.4. The molecule has 0 spiro atoms. The molecule has 0 aliphatic rings. The average Bonchev–Trinajstić information content (AvgIpc) is 2.61. The molecule has 3 rings (SSSR count). The van der Waals surface area contributed by atoms with Crippen molar-refractivity contribution >= 4 is 38.1 Å². The molecule has 8 heteroatoms. The number of fused-ring (bicyclic) bond motifs is 1. The van der Waals surface area contributed by atoms with Crippen LogP contribution in [0.3, 0.4) is 0 Å². The average molecular weight is 391 g/mol. The van der Waals surface area contributed by atoms with Crippen LogP contribution < -0.4 is 0 Å². The van der Waals surface area contributed by atoms with E-state index in [0.717, 1.165) is 26.7 Å². The van der Waals surface area contributed by atoms with Crippen molar-refractivity contribution in [2.45, 2.75) is 11.4 Å². The van der Waals surface area contributed by atoms with Crippen molar-refractivity contribution < 1.29 is 13.3 Å². The maximum Gasteiger partial charge on any atom is 0.289 e. The number of nitrogens with zero attached hydrogens (tertiary/aromatic N) is 2. The number of nitro groups is 1. The lowest BCUT2D eigenvalue weighted by Crippen LogP contribution is -2.26. The molecule has 0 fully saturated rings. The quantitative estimate of drug-likeness (QED) is 0.482. The van der Waals surface area contributed by atoms with Crippen molar-refractivity contribution in [3.8, 4) is 0 Å². The van der Waals surface area contributed by atoms with Gasteiger partial charge in [0.15, 0.2) is 0 Å². The van der Waals surface area contributed by atoms with Crippen LogP contribution in [0.2, 0.25) is 5.02 Å². The summed E-state index contributed by atoms with van der Waals surface area (Å²) >= 11 is 5.76. The number of hydrogen-bond acceptors (Lipinski definition) is 4. The first-order valence-electron chi connectivity index (χ1n) is 7.67. The second-order valence-corrected chi connectivity index (χ2v) is 8.26. The number of rotatable bonds is 5. The van der Waals surface area contributed by atoms with E-state index in [1.807, 2.05) is 42.5 Å². The number of hydrogen-bond donors (Lipinski definition) is 0. The molecular weight excluding hydrogens is 376 g/mol. The molecular formula is C18H15ClN2O4S. The summed E-state index contributed by atoms with van der Waals surface area (Å²) in [5, 5.41) is 13.0. The maximum atomic E-state index is 12.7. The van der Waals surface area contributed by atoms with Gasteiger partial charge in [-0.15, -0.1) is 0 Å². The number of benzene rings is 3. The number of halogens is 1. The molecule has 0 radical (unpaired) electrons. The van der Waals surface area contributed by atoms with E-state index in [-0.39, 0.29) is 16.5 Å². The Bertz CT molecular complexity index is 1100. The lowest BCUT2D eigenvalue weighted by atomic mass is 10.1. The van der Waals surface area contributed by atoms with E-state index in [1.54, 1.807) is 0 Å². The highest BCUT2D eigenvalue weighted by molar-refractivity contribution is 7.89. The van der Waals surface area contributed by atoms with Crippen molar-refractivity contribution in [1.82, 2.24) is 4.31 Å². The lowest BCUT2D eigenvalue weighted by Gasteiger charge is -2.17. The van der Waals surface area contributed by atoms with Gasteiger partial charge >= 0.3 is 0 Å². The van der Waals surface area contributed by atoms with Crippen LogP contribution in [0.15, 0.2) is 65.6 Å². The molecule has 6 nitrogen and oxygen atoms in total. The third-order valence-electron chi connectivity index (χ3n) is 4.04. The summed E-state index contributed by atoms with van der Waals surface area (Å²) in [5.74, 6) is 0. The number of sulfonamides is 1. The summed E-state index contributed by atoms with van der Waals surface area (Å²) in [5.41, 5.74) is 0.380. The van der Waals surface area contributed by atoms with Crippen LogP contribution in [-0.4, -0.2) is 24.7 Å². The van der Waals surface area contributed by atoms with Gasteiger partial charge < -0.3 is 0 Å². The van der Waals surface area contributed by atoms with Gasteiger partial charge in [0, 0.05) is 19.7 Å². The minimum atomic E-state index is -3.89. The molecule has 0 aliphatic heterocycles. The van der Waals surface area contributed by atoms with Gasteiger partial charge in [0.25, 0.3) is 5.69 Å². The van der Waals surface area contributed by atoms with Gasteiger partial charge in [0.2, 0.25) is 10.0 Å². The Morgan fingerprint density at radius 3 is 2.42 bits per heavy atom. The molecule has 26 heavy (non-hydrogen) atoms. The van der Waals surface area contributed by atoms with Gasteiger partial charge in [0.05, 0.1) is 9.82 Å². The topological polar surface area (TPSA) is 80.5 Å². The molecule has 0 aromatic heterocycles. The first-order chi connectivity index (χ1) is 12.3. The molecule has 134 valence electrons. The van der Waals surface area contributed by atoms with Crippen molar-refractivity contribution in [2.24, 2.45) is 0 Å². The Kier molecular flexibility index (Phi) is 4.95. The Hall–Kier alpha value is -2.48. The summed E-state index contributed by atoms with van der Waals surface area (Å²) in [6, 6.07) is 17.0. The van der Waals surface area contributed by atoms with E-state index < -0.39 is 20.6 Å². The molecule has 0 aliphatic carbocycles. The predicted octanol–water partition coefficient (Wildman–Crippen LogP) is 4.22. The van der Waals surface area contributed by atoms with Gasteiger partial charge in [-0.1, -0.05) is 48.0 Å². The maximum absolute atomic E-state index is 12.7. The van der Waals surface area contributed by atoms with Crippen LogP contribution in [0, 0.1) is 10.1 Å². The first kappa shape index (κ1) is 18.3. The van der Waals surface area contributed by atoms with E-state index >= 15 is 0 Å². The third-order valence-corrected chi connectivity index (χ3v) is 6.16. The molecule has 0 saturated carbocycles. The molecule has 3 aromatic rings. The molecule has 0 atom stereocenters. The van der Waals surface area contributed by atoms with Crippen molar-refractivity contribution in [3.05, 3.63) is 81.4 Å². The van der Waals surface area contributed by atoms with Crippen LogP contribution in [0.5, 0.6) is 0 Å². The second-order valence-electron chi connectivity index (χ2n) is 5.81. The first-order valence-corrected chi connectivity index (χ1v) is 9.49. The molecule has 0 heterocycles. The van der Waals surface area contributed by atoms with E-state index in [1.165, 1.54) is 19.2 Å². The molecule has 3 aromatic carbocycles. The highest BCUT2D eigenvalue weighted by Gasteiger charge is 2.24. The zero-order chi connectivity index (χ0) is 18.9. The SMILES string of the molecule is CN(Cc1ccc2ccccc2c1)S(=O)(=O)c1ccc(Cl)c([N+](=O)[O-])c1. The van der Waals surface area contributed by atoms with Crippen molar-refractivity contribution in [2.75, 3.05) is 7.05 Å². The van der Waals surface area contributed by atoms with E-state index in [9.17, 15) is 18.5 Å². The fraction of sp³-hybridized carbons (Fsp3) is 0.111. The normalized spacial score (nSPS) is 11.8. The van der Waals surface area contributed by atoms with Gasteiger partial charge in [-0.25, -0.2) is 8.42 Å². The smallest absolute Gasteiger partial charge is 0.258 e. The molecule has 0 saturated heterocycles. The standard InChI is InChI=1S/C18H15ClN2O4S/c1-20(12-13-6-7-14-4-2-3-5-15(14)10-13)26(24,25)16-8-9-17(19)18(11-16)21(22)23/h2-11H,12H2,1H3. The van der Waals surface area contributed by atoms with Gasteiger partial charge in [-0.2, -0.15) is 4.31 Å². The summed E-state index contributed by atoms with van der Waals surface area (Å²) in [4.78, 5) is 10.1. The van der Waals surface area contributed by atoms with Gasteiger partial charge in [-0.3, -0.25) is 10.1 Å². The predicted molar refractivity (Wildman–Crippen MR) is 101 cm³/mol. The van der Waals surface area contributed by atoms with Crippen LogP contribution >= 0.6 is 11.6 Å². The largest absolute Gasteiger partial charge is 0.289 e. The number of nitro benzene ring substituents is 1. The highest BCUT2D eigenvalue weighted by Crippen LogP contribution is 2.28. The van der Waals surface area contributed by atoms with E-state index in [0.29, 0.717) is 0 Å². The molecule has 0 bridgehead atoms. The summed E-state index contributed by atoms with van der Waals surface area (Å²) in [7, 11) is -2.46. The minimum absolute atomic E-state index is 0.105. The van der Waals surface area contributed by atoms with Crippen LogP contribution in [0.25, 0.3) is 10.8 Å². The Morgan fingerprint density at radius 2 is 1.73 bits per heavy atom. The molecule has 0 amide bonds. The van der Waals surface area contributed by atoms with Crippen LogP contribution in [0.1, 0.15) is 5.56 Å². The lowest BCUT2D eigenvalue weighted by molar-refractivity contribution is -0.384. The van der Waals surface area contributed by atoms with E-state index in [4.69, 9.17) is 11.6 Å². The highest BCUT2D eigenvalue weighted by atomic mass is 35.5. The van der Waals surface area contributed by atoms with Gasteiger partial charge in [0.1, 0.15) is 5.02 Å². The monoisotopic (exact) mass is 390 g/mol. The Morgan fingerprint density at radius 1 is 1.04 bits per heavy atom. The van der Waals surface area contributed by atoms with Crippen LogP contribution in [0.4, 0.5) is 5.69 Å². The summed E-state index contributed by atoms with van der Waals surface area (Å²) in [6.07, 6.45) is 0. The van der Waals surface area contributed by atoms with Crippen molar-refractivity contribution in [3.63, 3.8) is 0 Å². The molecule has 0 N–H and O–H groups in total. The third kappa shape index (κ3) is 3.55. The Balaban J connectivity index is 1.91. The van der Waals surface area contributed by atoms with E-state index in [2.05, 4.69) is 0 Å². The fourth-order valence-electron chi connectivity index (χ4n) is 2.65. The van der Waals surface area contributed by atoms with Gasteiger partial charge in [-0.05, 0) is 34.5 Å². The second kappa shape index (κ2) is 7.03. The zero-order valence-electron chi connectivity index (χ0n) is 13.8. The minimum Gasteiger partial charge on any atom is -0.258 e. The van der Waals surface area contributed by atoms with Crippen LogP contribution in [-0.2, 0) is 16.6 Å². The Labute approximate surface area is 155 Å². The summed E-state index contributed by atoms with van der Waals surface area (Å²) < 4.78 is 26.6. The van der Waals surface area contributed by atoms with Crippen molar-refractivity contribution in [1.29, 1.82) is 0 Å². The molecule has 0 unspecified atom stereocenters. The summed E-state index contributed by atoms with van der Waals surface area (Å²) in [6.45, 7) is 0.142. The fourth-order valence-corrected chi connectivity index (χ4v) is 4.02.